The molecule has 0 radical (unpaired) electrons. The summed E-state index contributed by atoms with van der Waals surface area (Å²) in [6.45, 7) is 1.83. The molecule has 22 heavy (non-hydrogen) atoms. The van der Waals surface area contributed by atoms with Gasteiger partial charge in [-0.1, -0.05) is 18.2 Å². The Labute approximate surface area is 128 Å². The van der Waals surface area contributed by atoms with Gasteiger partial charge in [0.1, 0.15) is 0 Å². The third-order valence-corrected chi connectivity index (χ3v) is 3.78. The first-order valence-electron chi connectivity index (χ1n) is 7.49. The molecule has 0 aromatic heterocycles. The van der Waals surface area contributed by atoms with Crippen molar-refractivity contribution < 1.29 is 18.0 Å². The minimum Gasteiger partial charge on any atom is -0.335 e. The van der Waals surface area contributed by atoms with Crippen LogP contribution in [0.15, 0.2) is 24.3 Å². The Hall–Kier alpha value is -1.56. The fourth-order valence-corrected chi connectivity index (χ4v) is 2.42. The van der Waals surface area contributed by atoms with E-state index in [1.54, 1.807) is 11.0 Å². The molecule has 1 aliphatic carbocycles. The molecule has 2 N–H and O–H groups in total. The largest absolute Gasteiger partial charge is 0.416 e. The summed E-state index contributed by atoms with van der Waals surface area (Å²) in [5.41, 5.74) is 5.13. The number of carbonyl (C=O) groups excluding carboxylic acids is 1. The van der Waals surface area contributed by atoms with Crippen LogP contribution in [-0.4, -0.2) is 22.9 Å². The Morgan fingerprint density at radius 1 is 1.36 bits per heavy atom. The number of nitrogens with zero attached hydrogens (tertiary/aromatic N) is 1. The quantitative estimate of drug-likeness (QED) is 0.875. The Kier molecular flexibility index (Phi) is 5.11. The molecule has 6 heteroatoms. The molecule has 1 aromatic carbocycles. The van der Waals surface area contributed by atoms with E-state index in [4.69, 9.17) is 5.73 Å². The number of hydrogen-bond acceptors (Lipinski definition) is 2. The van der Waals surface area contributed by atoms with Crippen molar-refractivity contribution >= 4 is 5.91 Å². The maximum Gasteiger partial charge on any atom is 0.416 e. The second-order valence-electron chi connectivity index (χ2n) is 5.92. The van der Waals surface area contributed by atoms with Crippen molar-refractivity contribution in [1.82, 2.24) is 4.90 Å². The molecule has 2 rings (SSSR count). The molecule has 1 aromatic rings. The lowest BCUT2D eigenvalue weighted by molar-refractivity contribution is -0.140. The number of benzene rings is 1. The number of nitrogens with two attached hydrogens (primary N) is 1. The summed E-state index contributed by atoms with van der Waals surface area (Å²) in [6.07, 6.45) is -1.86. The number of rotatable bonds is 6. The number of amides is 1. The average Bonchev–Trinajstić information content (AvgIpc) is 3.26. The van der Waals surface area contributed by atoms with Gasteiger partial charge in [0.25, 0.3) is 0 Å². The van der Waals surface area contributed by atoms with Gasteiger partial charge in [-0.2, -0.15) is 13.2 Å². The standard InChI is InChI=1S/C16H21F3N2O/c1-11(20)6-9-15(22)21(13-7-8-13)10-12-4-2-3-5-14(12)16(17,18)19/h2-5,11,13H,6-10,20H2,1H3. The summed E-state index contributed by atoms with van der Waals surface area (Å²) < 4.78 is 39.2. The molecule has 0 heterocycles. The van der Waals surface area contributed by atoms with Crippen molar-refractivity contribution in [3.05, 3.63) is 35.4 Å². The van der Waals surface area contributed by atoms with Crippen molar-refractivity contribution in [3.8, 4) is 0 Å². The topological polar surface area (TPSA) is 46.3 Å². The zero-order chi connectivity index (χ0) is 16.3. The zero-order valence-electron chi connectivity index (χ0n) is 12.6. The van der Waals surface area contributed by atoms with Gasteiger partial charge in [-0.3, -0.25) is 4.79 Å². The van der Waals surface area contributed by atoms with Crippen LogP contribution in [0, 0.1) is 0 Å². The Morgan fingerprint density at radius 3 is 2.55 bits per heavy atom. The van der Waals surface area contributed by atoms with Crippen molar-refractivity contribution in [2.45, 2.75) is 57.4 Å². The highest BCUT2D eigenvalue weighted by Crippen LogP contribution is 2.35. The predicted octanol–water partition coefficient (Wildman–Crippen LogP) is 3.32. The lowest BCUT2D eigenvalue weighted by atomic mass is 10.1. The number of alkyl halides is 3. The van der Waals surface area contributed by atoms with Crippen molar-refractivity contribution in [1.29, 1.82) is 0 Å². The number of hydrogen-bond donors (Lipinski definition) is 1. The minimum atomic E-state index is -4.40. The molecule has 0 spiro atoms. The second-order valence-corrected chi connectivity index (χ2v) is 5.92. The van der Waals surface area contributed by atoms with Gasteiger partial charge in [-0.15, -0.1) is 0 Å². The van der Waals surface area contributed by atoms with E-state index in [1.165, 1.54) is 12.1 Å². The Bertz CT molecular complexity index is 524. The normalized spacial score (nSPS) is 16.4. The molecule has 3 nitrogen and oxygen atoms in total. The Morgan fingerprint density at radius 2 is 2.00 bits per heavy atom. The zero-order valence-corrected chi connectivity index (χ0v) is 12.6. The molecule has 1 saturated carbocycles. The van der Waals surface area contributed by atoms with Gasteiger partial charge in [-0.25, -0.2) is 0 Å². The highest BCUT2D eigenvalue weighted by Gasteiger charge is 2.36. The van der Waals surface area contributed by atoms with Crippen molar-refractivity contribution in [2.75, 3.05) is 0 Å². The molecular formula is C16H21F3N2O. The molecule has 0 aliphatic heterocycles. The summed E-state index contributed by atoms with van der Waals surface area (Å²) >= 11 is 0. The predicted molar refractivity (Wildman–Crippen MR) is 77.9 cm³/mol. The van der Waals surface area contributed by atoms with Crippen LogP contribution in [0.25, 0.3) is 0 Å². The summed E-state index contributed by atoms with van der Waals surface area (Å²) in [5.74, 6) is -0.114. The molecular weight excluding hydrogens is 293 g/mol. The van der Waals surface area contributed by atoms with E-state index in [0.717, 1.165) is 18.9 Å². The van der Waals surface area contributed by atoms with Gasteiger partial charge in [0, 0.05) is 25.0 Å². The van der Waals surface area contributed by atoms with E-state index < -0.39 is 11.7 Å². The third-order valence-electron chi connectivity index (χ3n) is 3.78. The number of halogens is 3. The molecule has 122 valence electrons. The average molecular weight is 314 g/mol. The molecule has 1 unspecified atom stereocenters. The molecule has 0 saturated heterocycles. The smallest absolute Gasteiger partial charge is 0.335 e. The van der Waals surface area contributed by atoms with Crippen LogP contribution in [0.2, 0.25) is 0 Å². The molecule has 1 aliphatic rings. The summed E-state index contributed by atoms with van der Waals surface area (Å²) in [7, 11) is 0. The Balaban J connectivity index is 2.14. The van der Waals surface area contributed by atoms with E-state index in [1.807, 2.05) is 6.92 Å². The van der Waals surface area contributed by atoms with Crippen LogP contribution in [-0.2, 0) is 17.5 Å². The van der Waals surface area contributed by atoms with Gasteiger partial charge in [0.2, 0.25) is 5.91 Å². The minimum absolute atomic E-state index is 0.0120. The van der Waals surface area contributed by atoms with Gasteiger partial charge in [-0.05, 0) is 37.8 Å². The van der Waals surface area contributed by atoms with Gasteiger partial charge in [0.05, 0.1) is 5.56 Å². The van der Waals surface area contributed by atoms with Crippen LogP contribution >= 0.6 is 0 Å². The van der Waals surface area contributed by atoms with E-state index in [-0.39, 0.29) is 36.5 Å². The first kappa shape index (κ1) is 16.8. The molecule has 1 atom stereocenters. The van der Waals surface area contributed by atoms with Gasteiger partial charge >= 0.3 is 6.18 Å². The highest BCUT2D eigenvalue weighted by molar-refractivity contribution is 5.77. The lowest BCUT2D eigenvalue weighted by Crippen LogP contribution is -2.34. The summed E-state index contributed by atoms with van der Waals surface area (Å²) in [6, 6.07) is 5.42. The van der Waals surface area contributed by atoms with E-state index in [9.17, 15) is 18.0 Å². The second kappa shape index (κ2) is 6.69. The molecule has 1 fully saturated rings. The van der Waals surface area contributed by atoms with Crippen LogP contribution in [0.5, 0.6) is 0 Å². The summed E-state index contributed by atoms with van der Waals surface area (Å²) in [5, 5.41) is 0. The SMILES string of the molecule is CC(N)CCC(=O)N(Cc1ccccc1C(F)(F)F)C1CC1. The first-order valence-corrected chi connectivity index (χ1v) is 7.49. The van der Waals surface area contributed by atoms with Gasteiger partial charge < -0.3 is 10.6 Å². The number of carbonyl (C=O) groups is 1. The van der Waals surface area contributed by atoms with E-state index in [2.05, 4.69) is 0 Å². The lowest BCUT2D eigenvalue weighted by Gasteiger charge is -2.25. The third kappa shape index (κ3) is 4.47. The van der Waals surface area contributed by atoms with Crippen molar-refractivity contribution in [3.63, 3.8) is 0 Å². The fraction of sp³-hybridized carbons (Fsp3) is 0.562. The fourth-order valence-electron chi connectivity index (χ4n) is 2.42. The summed E-state index contributed by atoms with van der Waals surface area (Å²) in [4.78, 5) is 13.9. The maximum absolute atomic E-state index is 13.1. The monoisotopic (exact) mass is 314 g/mol. The van der Waals surface area contributed by atoms with Crippen LogP contribution in [0.4, 0.5) is 13.2 Å². The van der Waals surface area contributed by atoms with Crippen LogP contribution in [0.1, 0.15) is 43.7 Å². The van der Waals surface area contributed by atoms with Crippen LogP contribution in [0.3, 0.4) is 0 Å². The van der Waals surface area contributed by atoms with E-state index in [0.29, 0.717) is 6.42 Å². The first-order chi connectivity index (χ1) is 10.3. The molecule has 0 bridgehead atoms. The van der Waals surface area contributed by atoms with Crippen LogP contribution < -0.4 is 5.73 Å². The maximum atomic E-state index is 13.1. The highest BCUT2D eigenvalue weighted by atomic mass is 19.4. The molecule has 1 amide bonds. The van der Waals surface area contributed by atoms with Crippen molar-refractivity contribution in [2.24, 2.45) is 5.73 Å². The van der Waals surface area contributed by atoms with Gasteiger partial charge in [0.15, 0.2) is 0 Å². The van der Waals surface area contributed by atoms with E-state index >= 15 is 0 Å².